The normalized spacial score (nSPS) is 11.3. The summed E-state index contributed by atoms with van der Waals surface area (Å²) in [6.07, 6.45) is 5.33. The van der Waals surface area contributed by atoms with E-state index >= 15 is 0 Å². The molecule has 0 saturated heterocycles. The molecule has 0 unspecified atom stereocenters. The molecular formula is C14H21NO4S. The van der Waals surface area contributed by atoms with Gasteiger partial charge in [-0.2, -0.15) is 0 Å². The maximum Gasteiger partial charge on any atom is 0.338 e. The van der Waals surface area contributed by atoms with Crippen molar-refractivity contribution in [2.24, 2.45) is 5.14 Å². The van der Waals surface area contributed by atoms with Gasteiger partial charge in [0.2, 0.25) is 10.0 Å². The Bertz CT molecular complexity index is 540. The second kappa shape index (κ2) is 8.01. The van der Waals surface area contributed by atoms with Crippen LogP contribution in [0.4, 0.5) is 0 Å². The summed E-state index contributed by atoms with van der Waals surface area (Å²) in [5, 5.41) is 5.01. The zero-order valence-electron chi connectivity index (χ0n) is 11.7. The van der Waals surface area contributed by atoms with Gasteiger partial charge in [-0.05, 0) is 24.6 Å². The van der Waals surface area contributed by atoms with Crippen molar-refractivity contribution in [3.63, 3.8) is 0 Å². The summed E-state index contributed by atoms with van der Waals surface area (Å²) in [7, 11) is -3.80. The maximum atomic E-state index is 11.8. The van der Waals surface area contributed by atoms with Gasteiger partial charge in [-0.1, -0.05) is 38.7 Å². The predicted molar refractivity (Wildman–Crippen MR) is 76.9 cm³/mol. The second-order valence-electron chi connectivity index (χ2n) is 4.62. The number of ether oxygens (including phenoxy) is 1. The maximum absolute atomic E-state index is 11.8. The minimum atomic E-state index is -3.80. The van der Waals surface area contributed by atoms with Crippen LogP contribution in [0.3, 0.4) is 0 Å². The van der Waals surface area contributed by atoms with Crippen LogP contribution in [0, 0.1) is 0 Å². The van der Waals surface area contributed by atoms with Crippen molar-refractivity contribution in [3.05, 3.63) is 29.8 Å². The van der Waals surface area contributed by atoms with Crippen LogP contribution in [0.1, 0.15) is 49.4 Å². The molecule has 112 valence electrons. The molecule has 5 nitrogen and oxygen atoms in total. The van der Waals surface area contributed by atoms with Crippen molar-refractivity contribution in [2.45, 2.75) is 43.9 Å². The topological polar surface area (TPSA) is 86.5 Å². The Kier molecular flexibility index (Phi) is 6.67. The van der Waals surface area contributed by atoms with Gasteiger partial charge in [-0.15, -0.1) is 0 Å². The van der Waals surface area contributed by atoms with Crippen molar-refractivity contribution >= 4 is 16.0 Å². The Hall–Kier alpha value is -1.40. The summed E-state index contributed by atoms with van der Waals surface area (Å²) in [5.74, 6) is -0.522. The van der Waals surface area contributed by atoms with E-state index in [4.69, 9.17) is 9.88 Å². The average molecular weight is 299 g/mol. The molecular weight excluding hydrogens is 278 g/mol. The van der Waals surface area contributed by atoms with Crippen molar-refractivity contribution < 1.29 is 17.9 Å². The zero-order chi connectivity index (χ0) is 15.0. The SMILES string of the molecule is CCCCCCCOC(=O)c1cccc(S(N)(=O)=O)c1. The predicted octanol–water partition coefficient (Wildman–Crippen LogP) is 2.46. The molecule has 1 aromatic carbocycles. The number of carbonyl (C=O) groups excluding carboxylic acids is 1. The number of hydrogen-bond donors (Lipinski definition) is 1. The third-order valence-corrected chi connectivity index (χ3v) is 3.79. The van der Waals surface area contributed by atoms with E-state index in [1.807, 2.05) is 0 Å². The van der Waals surface area contributed by atoms with Gasteiger partial charge in [0.25, 0.3) is 0 Å². The molecule has 0 bridgehead atoms. The lowest BCUT2D eigenvalue weighted by molar-refractivity contribution is 0.0497. The highest BCUT2D eigenvalue weighted by molar-refractivity contribution is 7.89. The Morgan fingerprint density at radius 3 is 2.55 bits per heavy atom. The minimum Gasteiger partial charge on any atom is -0.462 e. The highest BCUT2D eigenvalue weighted by Crippen LogP contribution is 2.11. The first-order valence-electron chi connectivity index (χ1n) is 6.75. The number of primary sulfonamides is 1. The molecule has 2 N–H and O–H groups in total. The monoisotopic (exact) mass is 299 g/mol. The lowest BCUT2D eigenvalue weighted by Gasteiger charge is -2.06. The third-order valence-electron chi connectivity index (χ3n) is 2.88. The van der Waals surface area contributed by atoms with Gasteiger partial charge in [-0.3, -0.25) is 0 Å². The van der Waals surface area contributed by atoms with Crippen molar-refractivity contribution in [1.29, 1.82) is 0 Å². The van der Waals surface area contributed by atoms with Gasteiger partial charge in [0.05, 0.1) is 17.1 Å². The molecule has 0 aliphatic carbocycles. The van der Waals surface area contributed by atoms with E-state index in [2.05, 4.69) is 6.92 Å². The van der Waals surface area contributed by atoms with Gasteiger partial charge >= 0.3 is 5.97 Å². The summed E-state index contributed by atoms with van der Waals surface area (Å²) in [6, 6.07) is 5.55. The molecule has 0 atom stereocenters. The molecule has 0 amide bonds. The third kappa shape index (κ3) is 5.71. The quantitative estimate of drug-likeness (QED) is 0.590. The van der Waals surface area contributed by atoms with Crippen molar-refractivity contribution in [1.82, 2.24) is 0 Å². The number of unbranched alkanes of at least 4 members (excludes halogenated alkanes) is 4. The van der Waals surface area contributed by atoms with E-state index in [0.717, 1.165) is 19.3 Å². The van der Waals surface area contributed by atoms with Crippen LogP contribution in [0.2, 0.25) is 0 Å². The standard InChI is InChI=1S/C14H21NO4S/c1-2-3-4-5-6-10-19-14(16)12-8-7-9-13(11-12)20(15,17)18/h7-9,11H,2-6,10H2,1H3,(H2,15,17,18). The van der Waals surface area contributed by atoms with Crippen LogP contribution in [0.25, 0.3) is 0 Å². The molecule has 0 radical (unpaired) electrons. The number of hydrogen-bond acceptors (Lipinski definition) is 4. The Morgan fingerprint density at radius 1 is 1.20 bits per heavy atom. The van der Waals surface area contributed by atoms with E-state index < -0.39 is 16.0 Å². The Morgan fingerprint density at radius 2 is 1.90 bits per heavy atom. The van der Waals surface area contributed by atoms with Crippen LogP contribution in [0.5, 0.6) is 0 Å². The van der Waals surface area contributed by atoms with Gasteiger partial charge in [0, 0.05) is 0 Å². The van der Waals surface area contributed by atoms with Crippen molar-refractivity contribution in [2.75, 3.05) is 6.61 Å². The molecule has 0 saturated carbocycles. The van der Waals surface area contributed by atoms with Gasteiger partial charge < -0.3 is 4.74 Å². The van der Waals surface area contributed by atoms with E-state index in [1.54, 1.807) is 0 Å². The second-order valence-corrected chi connectivity index (χ2v) is 6.18. The molecule has 0 aromatic heterocycles. The smallest absolute Gasteiger partial charge is 0.338 e. The van der Waals surface area contributed by atoms with E-state index in [0.29, 0.717) is 6.61 Å². The largest absolute Gasteiger partial charge is 0.462 e. The van der Waals surface area contributed by atoms with Crippen LogP contribution in [0.15, 0.2) is 29.2 Å². The Balaban J connectivity index is 2.48. The van der Waals surface area contributed by atoms with E-state index in [-0.39, 0.29) is 10.5 Å². The van der Waals surface area contributed by atoms with Gasteiger partial charge in [0.1, 0.15) is 0 Å². The number of esters is 1. The van der Waals surface area contributed by atoms with Crippen LogP contribution >= 0.6 is 0 Å². The average Bonchev–Trinajstić information content (AvgIpc) is 2.41. The highest BCUT2D eigenvalue weighted by atomic mass is 32.2. The summed E-state index contributed by atoms with van der Waals surface area (Å²) < 4.78 is 27.5. The summed E-state index contributed by atoms with van der Waals surface area (Å²) in [6.45, 7) is 2.49. The fourth-order valence-corrected chi connectivity index (χ4v) is 2.31. The molecule has 1 rings (SSSR count). The molecule has 1 aromatic rings. The van der Waals surface area contributed by atoms with E-state index in [1.165, 1.54) is 37.1 Å². The fourth-order valence-electron chi connectivity index (χ4n) is 1.75. The number of rotatable bonds is 8. The Labute approximate surface area is 120 Å². The summed E-state index contributed by atoms with van der Waals surface area (Å²) in [4.78, 5) is 11.7. The first-order valence-corrected chi connectivity index (χ1v) is 8.29. The molecule has 0 aliphatic heterocycles. The van der Waals surface area contributed by atoms with Crippen LogP contribution < -0.4 is 5.14 Å². The van der Waals surface area contributed by atoms with Crippen LogP contribution in [-0.2, 0) is 14.8 Å². The van der Waals surface area contributed by atoms with Gasteiger partial charge in [-0.25, -0.2) is 18.4 Å². The summed E-state index contributed by atoms with van der Waals surface area (Å²) >= 11 is 0. The number of benzene rings is 1. The zero-order valence-corrected chi connectivity index (χ0v) is 12.5. The molecule has 0 aliphatic rings. The van der Waals surface area contributed by atoms with Crippen LogP contribution in [-0.4, -0.2) is 21.0 Å². The van der Waals surface area contributed by atoms with Crippen molar-refractivity contribution in [3.8, 4) is 0 Å². The molecule has 6 heteroatoms. The molecule has 20 heavy (non-hydrogen) atoms. The first kappa shape index (κ1) is 16.7. The number of sulfonamides is 1. The lowest BCUT2D eigenvalue weighted by atomic mass is 10.2. The lowest BCUT2D eigenvalue weighted by Crippen LogP contribution is -2.13. The number of carbonyl (C=O) groups is 1. The first-order chi connectivity index (χ1) is 9.45. The molecule has 0 fully saturated rings. The number of nitrogens with two attached hydrogens (primary N) is 1. The molecule has 0 heterocycles. The summed E-state index contributed by atoms with van der Waals surface area (Å²) in [5.41, 5.74) is 0.199. The minimum absolute atomic E-state index is 0.0881. The molecule has 0 spiro atoms. The fraction of sp³-hybridized carbons (Fsp3) is 0.500. The highest BCUT2D eigenvalue weighted by Gasteiger charge is 2.12. The van der Waals surface area contributed by atoms with Gasteiger partial charge in [0.15, 0.2) is 0 Å². The van der Waals surface area contributed by atoms with E-state index in [9.17, 15) is 13.2 Å².